The summed E-state index contributed by atoms with van der Waals surface area (Å²) in [6.45, 7) is 7.42. The summed E-state index contributed by atoms with van der Waals surface area (Å²) in [7, 11) is 4.10. The first-order valence-corrected chi connectivity index (χ1v) is 9.71. The molecule has 2 saturated heterocycles. The van der Waals surface area contributed by atoms with Crippen molar-refractivity contribution in [2.75, 3.05) is 33.7 Å². The average Bonchev–Trinajstić information content (AvgIpc) is 3.18. The van der Waals surface area contributed by atoms with E-state index in [9.17, 15) is 14.4 Å². The predicted molar refractivity (Wildman–Crippen MR) is 98.4 cm³/mol. The molecule has 150 valence electrons. The van der Waals surface area contributed by atoms with Crippen LogP contribution < -0.4 is 0 Å². The summed E-state index contributed by atoms with van der Waals surface area (Å²) in [5, 5.41) is 0. The molecule has 7 heteroatoms. The number of likely N-dealkylation sites (tertiary alicyclic amines) is 1. The first-order valence-electron chi connectivity index (χ1n) is 9.71. The number of amides is 2. The van der Waals surface area contributed by atoms with Gasteiger partial charge in [-0.3, -0.25) is 19.3 Å². The number of likely N-dealkylation sites (N-methyl/N-ethyl adjacent to an activating group) is 1. The van der Waals surface area contributed by atoms with Crippen LogP contribution >= 0.6 is 0 Å². The third kappa shape index (κ3) is 4.24. The number of carbonyl (C=O) groups is 3. The molecule has 2 fully saturated rings. The minimum Gasteiger partial charge on any atom is -0.460 e. The second kappa shape index (κ2) is 7.02. The molecule has 3 aliphatic heterocycles. The molecule has 0 aromatic rings. The molecule has 3 aliphatic rings. The Kier molecular flexibility index (Phi) is 5.20. The molecule has 0 N–H and O–H groups in total. The molecule has 27 heavy (non-hydrogen) atoms. The fourth-order valence-electron chi connectivity index (χ4n) is 4.11. The van der Waals surface area contributed by atoms with E-state index in [1.807, 2.05) is 32.9 Å². The smallest absolute Gasteiger partial charge is 0.306 e. The van der Waals surface area contributed by atoms with Crippen LogP contribution in [0, 0.1) is 11.8 Å². The topological polar surface area (TPSA) is 72.9 Å². The minimum atomic E-state index is -0.464. The zero-order valence-corrected chi connectivity index (χ0v) is 16.9. The monoisotopic (exact) mass is 379 g/mol. The fourth-order valence-corrected chi connectivity index (χ4v) is 4.11. The Balaban J connectivity index is 1.46. The Bertz CT molecular complexity index is 634. The van der Waals surface area contributed by atoms with Gasteiger partial charge in [-0.05, 0) is 20.8 Å². The van der Waals surface area contributed by atoms with E-state index >= 15 is 0 Å². The Morgan fingerprint density at radius 3 is 2.19 bits per heavy atom. The molecule has 7 nitrogen and oxygen atoms in total. The Labute approximate surface area is 160 Å². The van der Waals surface area contributed by atoms with E-state index in [1.165, 1.54) is 4.90 Å². The number of hydrogen-bond acceptors (Lipinski definition) is 5. The lowest BCUT2D eigenvalue weighted by atomic mass is 9.85. The van der Waals surface area contributed by atoms with Gasteiger partial charge in [0, 0.05) is 6.42 Å². The Morgan fingerprint density at radius 2 is 1.67 bits per heavy atom. The number of fused-ring (bicyclic) bond motifs is 5. The quantitative estimate of drug-likeness (QED) is 0.287. The van der Waals surface area contributed by atoms with E-state index in [2.05, 4.69) is 14.1 Å². The first kappa shape index (κ1) is 20.0. The molecule has 0 aromatic heterocycles. The number of hydrogen-bond donors (Lipinski definition) is 0. The largest absolute Gasteiger partial charge is 0.460 e. The number of ether oxygens (including phenoxy) is 2. The summed E-state index contributed by atoms with van der Waals surface area (Å²) in [6, 6.07) is 0. The highest BCUT2D eigenvalue weighted by Crippen LogP contribution is 2.44. The van der Waals surface area contributed by atoms with Crippen LogP contribution in [0.3, 0.4) is 0 Å². The minimum absolute atomic E-state index is 0.101. The van der Waals surface area contributed by atoms with Gasteiger partial charge in [0.2, 0.25) is 11.8 Å². The van der Waals surface area contributed by atoms with Gasteiger partial charge < -0.3 is 14.0 Å². The molecule has 0 aromatic carbocycles. The van der Waals surface area contributed by atoms with E-state index in [-0.39, 0.29) is 41.8 Å². The van der Waals surface area contributed by atoms with Crippen molar-refractivity contribution in [3.8, 4) is 0 Å². The summed E-state index contributed by atoms with van der Waals surface area (Å²) in [5.41, 5.74) is -0.464. The highest BCUT2D eigenvalue weighted by atomic mass is 16.6. The van der Waals surface area contributed by atoms with Gasteiger partial charge in [-0.25, -0.2) is 0 Å². The number of rotatable bonds is 7. The Morgan fingerprint density at radius 1 is 1.11 bits per heavy atom. The zero-order chi connectivity index (χ0) is 20.0. The van der Waals surface area contributed by atoms with E-state index < -0.39 is 5.60 Å². The van der Waals surface area contributed by atoms with Crippen molar-refractivity contribution >= 4 is 17.8 Å². The summed E-state index contributed by atoms with van der Waals surface area (Å²) >= 11 is 0. The molecule has 0 saturated carbocycles. The molecule has 0 aliphatic carbocycles. The van der Waals surface area contributed by atoms with Crippen molar-refractivity contribution in [3.63, 3.8) is 0 Å². The molecule has 3 heterocycles. The van der Waals surface area contributed by atoms with Crippen LogP contribution in [0.25, 0.3) is 0 Å². The van der Waals surface area contributed by atoms with E-state index in [4.69, 9.17) is 9.47 Å². The molecular weight excluding hydrogens is 348 g/mol. The number of carbonyl (C=O) groups excluding carboxylic acids is 3. The van der Waals surface area contributed by atoms with Crippen LogP contribution in [0.1, 0.15) is 33.6 Å². The second-order valence-electron chi connectivity index (χ2n) is 9.40. The highest BCUT2D eigenvalue weighted by molar-refractivity contribution is 6.06. The normalized spacial score (nSPS) is 29.6. The van der Waals surface area contributed by atoms with Gasteiger partial charge in [-0.2, -0.15) is 0 Å². The van der Waals surface area contributed by atoms with Crippen molar-refractivity contribution in [1.82, 2.24) is 4.90 Å². The van der Waals surface area contributed by atoms with Gasteiger partial charge in [-0.1, -0.05) is 12.2 Å². The standard InChI is InChI=1S/C20H31N2O5/c1-20(2,3)27-15(23)7-6-11-22(4,5)12-10-21-18(24)16-13-8-9-14(26-13)17(16)19(21)25/h8-9,13-14,16-17H,6-7,10-12H2,1-5H3/q+1. The first-order chi connectivity index (χ1) is 12.5. The van der Waals surface area contributed by atoms with Gasteiger partial charge in [-0.15, -0.1) is 0 Å². The molecular formula is C20H31N2O5+. The van der Waals surface area contributed by atoms with Crippen LogP contribution in [0.15, 0.2) is 12.2 Å². The second-order valence-corrected chi connectivity index (χ2v) is 9.40. The van der Waals surface area contributed by atoms with Crippen LogP contribution in [0.2, 0.25) is 0 Å². The molecule has 4 unspecified atom stereocenters. The lowest BCUT2D eigenvalue weighted by Crippen LogP contribution is -2.48. The summed E-state index contributed by atoms with van der Waals surface area (Å²) < 4.78 is 11.6. The zero-order valence-electron chi connectivity index (χ0n) is 16.9. The van der Waals surface area contributed by atoms with Gasteiger partial charge in [0.25, 0.3) is 0 Å². The van der Waals surface area contributed by atoms with E-state index in [0.717, 1.165) is 6.54 Å². The SMILES string of the molecule is CC(C)(C)OC(=O)CCC[N+](C)(C)CCN1C(=O)C2C3C=CC(O3)C2C1=O. The number of quaternary nitrogens is 1. The lowest BCUT2D eigenvalue weighted by Gasteiger charge is -2.31. The highest BCUT2D eigenvalue weighted by Gasteiger charge is 2.60. The summed E-state index contributed by atoms with van der Waals surface area (Å²) in [4.78, 5) is 38.6. The predicted octanol–water partition coefficient (Wildman–Crippen LogP) is 1.12. The van der Waals surface area contributed by atoms with Gasteiger partial charge in [0.1, 0.15) is 5.60 Å². The van der Waals surface area contributed by atoms with Crippen molar-refractivity contribution in [2.45, 2.75) is 51.4 Å². The maximum atomic E-state index is 12.7. The third-order valence-corrected chi connectivity index (χ3v) is 5.50. The summed E-state index contributed by atoms with van der Waals surface area (Å²) in [5.74, 6) is -1.07. The third-order valence-electron chi connectivity index (χ3n) is 5.50. The number of esters is 1. The number of nitrogens with zero attached hydrogens (tertiary/aromatic N) is 2. The fraction of sp³-hybridized carbons (Fsp3) is 0.750. The van der Waals surface area contributed by atoms with Crippen LogP contribution in [-0.4, -0.2) is 78.7 Å². The molecule has 3 rings (SSSR count). The number of imide groups is 1. The van der Waals surface area contributed by atoms with Crippen molar-refractivity contribution in [2.24, 2.45) is 11.8 Å². The molecule has 2 bridgehead atoms. The van der Waals surface area contributed by atoms with Gasteiger partial charge in [0.15, 0.2) is 0 Å². The van der Waals surface area contributed by atoms with Crippen LogP contribution in [0.5, 0.6) is 0 Å². The van der Waals surface area contributed by atoms with E-state index in [0.29, 0.717) is 30.4 Å². The maximum absolute atomic E-state index is 12.7. The van der Waals surface area contributed by atoms with Crippen molar-refractivity contribution in [1.29, 1.82) is 0 Å². The molecule has 4 atom stereocenters. The van der Waals surface area contributed by atoms with E-state index in [1.54, 1.807) is 0 Å². The molecule has 0 radical (unpaired) electrons. The molecule has 0 spiro atoms. The summed E-state index contributed by atoms with van der Waals surface area (Å²) in [6.07, 6.45) is 4.40. The van der Waals surface area contributed by atoms with Gasteiger partial charge >= 0.3 is 5.97 Å². The average molecular weight is 379 g/mol. The Hall–Kier alpha value is -1.73. The van der Waals surface area contributed by atoms with Gasteiger partial charge in [0.05, 0.1) is 64.2 Å². The lowest BCUT2D eigenvalue weighted by molar-refractivity contribution is -0.889. The maximum Gasteiger partial charge on any atom is 0.306 e. The van der Waals surface area contributed by atoms with Crippen LogP contribution in [-0.2, 0) is 23.9 Å². The van der Waals surface area contributed by atoms with Crippen LogP contribution in [0.4, 0.5) is 0 Å². The van der Waals surface area contributed by atoms with Crippen molar-refractivity contribution in [3.05, 3.63) is 12.2 Å². The van der Waals surface area contributed by atoms with Crippen molar-refractivity contribution < 1.29 is 28.3 Å². The molecule has 2 amide bonds.